The maximum atomic E-state index is 13.6. The van der Waals surface area contributed by atoms with Gasteiger partial charge in [0.05, 0.1) is 21.5 Å². The van der Waals surface area contributed by atoms with Crippen LogP contribution in [0.2, 0.25) is 5.02 Å². The molecular weight excluding hydrogens is 385 g/mol. The Balaban J connectivity index is 1.91. The van der Waals surface area contributed by atoms with Crippen molar-refractivity contribution in [1.82, 2.24) is 5.32 Å². The molecule has 0 saturated carbocycles. The summed E-state index contributed by atoms with van der Waals surface area (Å²) in [5.41, 5.74) is 0.806. The first kappa shape index (κ1) is 18.2. The maximum Gasteiger partial charge on any atom is 0.253 e. The largest absolute Gasteiger partial charge is 0.345 e. The number of rotatable bonds is 3. The highest BCUT2D eigenvalue weighted by molar-refractivity contribution is 7.99. The minimum atomic E-state index is -3.45. The lowest BCUT2D eigenvalue weighted by atomic mass is 10.0. The molecular formula is C17H15ClFNO3S2. The molecule has 1 atom stereocenters. The van der Waals surface area contributed by atoms with Crippen LogP contribution in [0.5, 0.6) is 0 Å². The normalized spacial score (nSPS) is 17.0. The van der Waals surface area contributed by atoms with Crippen molar-refractivity contribution in [3.05, 3.63) is 58.4 Å². The number of carbonyl (C=O) groups excluding carboxylic acids is 1. The van der Waals surface area contributed by atoms with E-state index >= 15 is 0 Å². The minimum Gasteiger partial charge on any atom is -0.345 e. The Bertz CT molecular complexity index is 947. The molecule has 132 valence electrons. The van der Waals surface area contributed by atoms with Crippen LogP contribution in [0.25, 0.3) is 0 Å². The van der Waals surface area contributed by atoms with Crippen molar-refractivity contribution in [2.75, 3.05) is 12.0 Å². The molecule has 1 heterocycles. The maximum absolute atomic E-state index is 13.6. The van der Waals surface area contributed by atoms with Gasteiger partial charge >= 0.3 is 0 Å². The molecule has 0 saturated heterocycles. The Labute approximate surface area is 154 Å². The molecule has 1 N–H and O–H groups in total. The number of nitrogens with one attached hydrogen (secondary N) is 1. The summed E-state index contributed by atoms with van der Waals surface area (Å²) in [6.07, 6.45) is 1.71. The van der Waals surface area contributed by atoms with Gasteiger partial charge in [-0.15, -0.1) is 11.8 Å². The van der Waals surface area contributed by atoms with Crippen LogP contribution in [0.3, 0.4) is 0 Å². The lowest BCUT2D eigenvalue weighted by molar-refractivity contribution is 0.0935. The molecule has 1 aliphatic heterocycles. The molecule has 2 aromatic carbocycles. The van der Waals surface area contributed by atoms with Gasteiger partial charge < -0.3 is 5.32 Å². The van der Waals surface area contributed by atoms with Crippen molar-refractivity contribution in [3.8, 4) is 0 Å². The average molecular weight is 400 g/mol. The van der Waals surface area contributed by atoms with E-state index in [4.69, 9.17) is 11.6 Å². The molecule has 1 unspecified atom stereocenters. The van der Waals surface area contributed by atoms with Crippen molar-refractivity contribution in [1.29, 1.82) is 0 Å². The SMILES string of the molecule is CS(=O)(=O)c1ccc(Cl)c(C(=O)NC2CCSc3ccc(F)cc32)c1. The van der Waals surface area contributed by atoms with Crippen LogP contribution in [0, 0.1) is 5.82 Å². The van der Waals surface area contributed by atoms with Crippen molar-refractivity contribution in [2.24, 2.45) is 0 Å². The predicted octanol–water partition coefficient (Wildman–Crippen LogP) is 3.85. The van der Waals surface area contributed by atoms with E-state index in [2.05, 4.69) is 5.32 Å². The number of benzene rings is 2. The van der Waals surface area contributed by atoms with Gasteiger partial charge in [-0.1, -0.05) is 11.6 Å². The summed E-state index contributed by atoms with van der Waals surface area (Å²) in [5, 5.41) is 3.00. The van der Waals surface area contributed by atoms with Crippen LogP contribution >= 0.6 is 23.4 Å². The van der Waals surface area contributed by atoms with Crippen molar-refractivity contribution < 1.29 is 17.6 Å². The molecule has 2 aromatic rings. The summed E-state index contributed by atoms with van der Waals surface area (Å²) < 4.78 is 36.9. The zero-order valence-electron chi connectivity index (χ0n) is 13.3. The minimum absolute atomic E-state index is 0.0210. The van der Waals surface area contributed by atoms with Crippen molar-refractivity contribution >= 4 is 39.1 Å². The zero-order valence-corrected chi connectivity index (χ0v) is 15.6. The molecule has 0 fully saturated rings. The summed E-state index contributed by atoms with van der Waals surface area (Å²) in [4.78, 5) is 13.6. The molecule has 25 heavy (non-hydrogen) atoms. The monoisotopic (exact) mass is 399 g/mol. The molecule has 1 amide bonds. The van der Waals surface area contributed by atoms with Gasteiger partial charge in [0.2, 0.25) is 0 Å². The number of carbonyl (C=O) groups is 1. The van der Waals surface area contributed by atoms with E-state index in [-0.39, 0.29) is 27.3 Å². The van der Waals surface area contributed by atoms with E-state index in [1.165, 1.54) is 30.3 Å². The third-order valence-corrected chi connectivity index (χ3v) is 6.49. The molecule has 0 aromatic heterocycles. The Morgan fingerprint density at radius 3 is 2.76 bits per heavy atom. The second-order valence-corrected chi connectivity index (χ2v) is 9.32. The van der Waals surface area contributed by atoms with Gasteiger partial charge in [0.25, 0.3) is 5.91 Å². The summed E-state index contributed by atoms with van der Waals surface area (Å²) >= 11 is 7.67. The number of amides is 1. The lowest BCUT2D eigenvalue weighted by Gasteiger charge is -2.26. The smallest absolute Gasteiger partial charge is 0.253 e. The molecule has 0 aliphatic carbocycles. The molecule has 0 bridgehead atoms. The fourth-order valence-corrected chi connectivity index (χ4v) is 4.62. The zero-order chi connectivity index (χ0) is 18.2. The molecule has 0 spiro atoms. The first-order chi connectivity index (χ1) is 11.8. The Morgan fingerprint density at radius 1 is 1.28 bits per heavy atom. The molecule has 4 nitrogen and oxygen atoms in total. The van der Waals surface area contributed by atoms with Gasteiger partial charge in [-0.3, -0.25) is 4.79 Å². The van der Waals surface area contributed by atoms with E-state index in [1.807, 2.05) is 0 Å². The van der Waals surface area contributed by atoms with Gasteiger partial charge in [-0.2, -0.15) is 0 Å². The van der Waals surface area contributed by atoms with Crippen molar-refractivity contribution in [2.45, 2.75) is 22.3 Å². The van der Waals surface area contributed by atoms with Gasteiger partial charge in [0, 0.05) is 16.9 Å². The number of thioether (sulfide) groups is 1. The molecule has 3 rings (SSSR count). The summed E-state index contributed by atoms with van der Waals surface area (Å²) in [7, 11) is -3.45. The number of halogens is 2. The van der Waals surface area contributed by atoms with Crippen LogP contribution in [-0.4, -0.2) is 26.3 Å². The summed E-state index contributed by atoms with van der Waals surface area (Å²) in [5.74, 6) is -0.0547. The van der Waals surface area contributed by atoms with E-state index < -0.39 is 15.7 Å². The standard InChI is InChI=1S/C17H15ClFNO3S2/c1-25(22,23)11-3-4-14(18)12(9-11)17(21)20-15-6-7-24-16-5-2-10(19)8-13(15)16/h2-5,8-9,15H,6-7H2,1H3,(H,20,21). The highest BCUT2D eigenvalue weighted by Gasteiger charge is 2.24. The molecule has 8 heteroatoms. The highest BCUT2D eigenvalue weighted by atomic mass is 35.5. The van der Waals surface area contributed by atoms with Crippen LogP contribution in [0.1, 0.15) is 28.4 Å². The van der Waals surface area contributed by atoms with Crippen LogP contribution in [0.15, 0.2) is 46.2 Å². The third kappa shape index (κ3) is 3.99. The Kier molecular flexibility index (Phi) is 5.09. The highest BCUT2D eigenvalue weighted by Crippen LogP contribution is 2.36. The average Bonchev–Trinajstić information content (AvgIpc) is 2.54. The van der Waals surface area contributed by atoms with Gasteiger partial charge in [0.1, 0.15) is 5.82 Å². The third-order valence-electron chi connectivity index (χ3n) is 3.93. The van der Waals surface area contributed by atoms with E-state index in [0.717, 1.165) is 22.5 Å². The van der Waals surface area contributed by atoms with Crippen LogP contribution < -0.4 is 5.32 Å². The predicted molar refractivity (Wildman–Crippen MR) is 96.5 cm³/mol. The Hall–Kier alpha value is -1.57. The van der Waals surface area contributed by atoms with Crippen LogP contribution in [0.4, 0.5) is 4.39 Å². The number of sulfone groups is 1. The first-order valence-corrected chi connectivity index (χ1v) is 10.7. The number of hydrogen-bond acceptors (Lipinski definition) is 4. The van der Waals surface area contributed by atoms with E-state index in [1.54, 1.807) is 17.8 Å². The second-order valence-electron chi connectivity index (χ2n) is 5.76. The van der Waals surface area contributed by atoms with E-state index in [0.29, 0.717) is 6.42 Å². The quantitative estimate of drug-likeness (QED) is 0.851. The second kappa shape index (κ2) is 6.97. The summed E-state index contributed by atoms with van der Waals surface area (Å²) in [6, 6.07) is 8.16. The van der Waals surface area contributed by atoms with Gasteiger partial charge in [-0.25, -0.2) is 12.8 Å². The fourth-order valence-electron chi connectivity index (χ4n) is 2.66. The lowest BCUT2D eigenvalue weighted by Crippen LogP contribution is -2.31. The molecule has 1 aliphatic rings. The number of hydrogen-bond donors (Lipinski definition) is 1. The Morgan fingerprint density at radius 2 is 2.04 bits per heavy atom. The summed E-state index contributed by atoms with van der Waals surface area (Å²) in [6.45, 7) is 0. The van der Waals surface area contributed by atoms with Crippen LogP contribution in [-0.2, 0) is 9.84 Å². The number of fused-ring (bicyclic) bond motifs is 1. The molecule has 0 radical (unpaired) electrons. The topological polar surface area (TPSA) is 63.2 Å². The van der Waals surface area contributed by atoms with Crippen molar-refractivity contribution in [3.63, 3.8) is 0 Å². The first-order valence-electron chi connectivity index (χ1n) is 7.48. The fraction of sp³-hybridized carbons (Fsp3) is 0.235. The van der Waals surface area contributed by atoms with Gasteiger partial charge in [-0.05, 0) is 48.4 Å². The van der Waals surface area contributed by atoms with Gasteiger partial charge in [0.15, 0.2) is 9.84 Å². The van der Waals surface area contributed by atoms with E-state index in [9.17, 15) is 17.6 Å².